The van der Waals surface area contributed by atoms with E-state index in [4.69, 9.17) is 4.74 Å². The first-order valence-electron chi connectivity index (χ1n) is 9.86. The molecule has 32 heavy (non-hydrogen) atoms. The summed E-state index contributed by atoms with van der Waals surface area (Å²) in [6.45, 7) is 3.81. The third kappa shape index (κ3) is 4.06. The Labute approximate surface area is 185 Å². The summed E-state index contributed by atoms with van der Waals surface area (Å²) in [5.74, 6) is 0.879. The van der Waals surface area contributed by atoms with Gasteiger partial charge in [0.15, 0.2) is 0 Å². The number of fused-ring (bicyclic) bond motifs is 1. The van der Waals surface area contributed by atoms with Gasteiger partial charge in [-0.1, -0.05) is 12.1 Å². The van der Waals surface area contributed by atoms with Gasteiger partial charge in [0.2, 0.25) is 15.6 Å². The fourth-order valence-electron chi connectivity index (χ4n) is 3.40. The molecule has 0 aliphatic carbocycles. The predicted molar refractivity (Wildman–Crippen MR) is 119 cm³/mol. The third-order valence-corrected chi connectivity index (χ3v) is 7.09. The number of imidazole rings is 1. The minimum Gasteiger partial charge on any atom is -0.496 e. The van der Waals surface area contributed by atoms with Crippen molar-refractivity contribution < 1.29 is 17.9 Å². The van der Waals surface area contributed by atoms with Gasteiger partial charge in [-0.3, -0.25) is 9.20 Å². The molecule has 2 heterocycles. The fraction of sp³-hybridized carbons (Fsp3) is 0.174. The second-order valence-electron chi connectivity index (χ2n) is 7.39. The van der Waals surface area contributed by atoms with Crippen LogP contribution in [0.5, 0.6) is 5.75 Å². The van der Waals surface area contributed by atoms with Gasteiger partial charge in [0.05, 0.1) is 22.5 Å². The molecule has 1 amide bonds. The highest BCUT2D eigenvalue weighted by Gasteiger charge is 2.21. The Hall–Kier alpha value is -3.72. The first kappa shape index (κ1) is 21.5. The van der Waals surface area contributed by atoms with Crippen LogP contribution >= 0.6 is 0 Å². The number of aryl methyl sites for hydroxylation is 2. The van der Waals surface area contributed by atoms with Crippen LogP contribution in [-0.4, -0.2) is 35.8 Å². The van der Waals surface area contributed by atoms with Crippen molar-refractivity contribution in [1.82, 2.24) is 19.7 Å². The highest BCUT2D eigenvalue weighted by molar-refractivity contribution is 7.91. The summed E-state index contributed by atoms with van der Waals surface area (Å²) in [7, 11) is -2.13. The number of aromatic nitrogens is 3. The number of nitrogens with one attached hydrogen (secondary N) is 1. The molecular formula is C23H22N4O4S. The summed E-state index contributed by atoms with van der Waals surface area (Å²) in [5, 5.41) is 2.82. The number of sulfone groups is 1. The zero-order valence-electron chi connectivity index (χ0n) is 17.9. The van der Waals surface area contributed by atoms with E-state index in [1.54, 1.807) is 73.4 Å². The van der Waals surface area contributed by atoms with Crippen molar-refractivity contribution in [1.29, 1.82) is 0 Å². The van der Waals surface area contributed by atoms with Crippen LogP contribution < -0.4 is 10.1 Å². The van der Waals surface area contributed by atoms with E-state index in [0.717, 1.165) is 11.1 Å². The van der Waals surface area contributed by atoms with E-state index in [9.17, 15) is 13.2 Å². The van der Waals surface area contributed by atoms with Crippen LogP contribution in [0.2, 0.25) is 0 Å². The summed E-state index contributed by atoms with van der Waals surface area (Å²) in [4.78, 5) is 21.0. The Morgan fingerprint density at radius 1 is 1.09 bits per heavy atom. The molecular weight excluding hydrogens is 428 g/mol. The average molecular weight is 451 g/mol. The van der Waals surface area contributed by atoms with Gasteiger partial charge in [-0.25, -0.2) is 18.4 Å². The molecule has 4 rings (SSSR count). The molecule has 0 radical (unpaired) electrons. The number of carbonyl (C=O) groups excluding carboxylic acids is 1. The molecule has 1 N–H and O–H groups in total. The van der Waals surface area contributed by atoms with Crippen LogP contribution in [0.4, 0.5) is 0 Å². The number of benzene rings is 2. The first-order valence-corrected chi connectivity index (χ1v) is 11.3. The summed E-state index contributed by atoms with van der Waals surface area (Å²) in [6.07, 6.45) is 6.44. The minimum atomic E-state index is -3.68. The second-order valence-corrected chi connectivity index (χ2v) is 9.31. The van der Waals surface area contributed by atoms with Gasteiger partial charge in [0.1, 0.15) is 5.75 Å². The first-order chi connectivity index (χ1) is 15.3. The normalized spacial score (nSPS) is 11.5. The van der Waals surface area contributed by atoms with Gasteiger partial charge in [-0.15, -0.1) is 0 Å². The predicted octanol–water partition coefficient (Wildman–Crippen LogP) is 3.12. The minimum absolute atomic E-state index is 0.190. The molecule has 0 aliphatic rings. The maximum atomic E-state index is 13.1. The van der Waals surface area contributed by atoms with Crippen LogP contribution in [0.1, 0.15) is 27.0 Å². The lowest BCUT2D eigenvalue weighted by molar-refractivity contribution is 0.0950. The smallest absolute Gasteiger partial charge is 0.254 e. The van der Waals surface area contributed by atoms with Crippen LogP contribution in [0.25, 0.3) is 5.78 Å². The van der Waals surface area contributed by atoms with Crippen molar-refractivity contribution in [3.8, 4) is 5.75 Å². The van der Waals surface area contributed by atoms with Crippen molar-refractivity contribution in [2.45, 2.75) is 30.2 Å². The molecule has 0 fully saturated rings. The van der Waals surface area contributed by atoms with Gasteiger partial charge in [0.25, 0.3) is 5.91 Å². The maximum absolute atomic E-state index is 13.1. The number of hydrogen-bond donors (Lipinski definition) is 1. The monoisotopic (exact) mass is 450 g/mol. The molecule has 0 aliphatic heterocycles. The number of methoxy groups -OCH3 is 1. The molecule has 8 nitrogen and oxygen atoms in total. The average Bonchev–Trinajstić information content (AvgIpc) is 3.26. The lowest BCUT2D eigenvalue weighted by Crippen LogP contribution is -2.23. The quantitative estimate of drug-likeness (QED) is 0.484. The SMILES string of the molecule is COc1cc(C)c(S(=O)(=O)c2ccc(CNC(=O)c3cnc4nccn4c3)cc2)cc1C. The van der Waals surface area contributed by atoms with Crippen molar-refractivity contribution in [2.75, 3.05) is 7.11 Å². The molecule has 0 unspecified atom stereocenters. The maximum Gasteiger partial charge on any atom is 0.254 e. The summed E-state index contributed by atoms with van der Waals surface area (Å²) < 4.78 is 33.2. The number of ether oxygens (including phenoxy) is 1. The molecule has 2 aromatic carbocycles. The number of carbonyl (C=O) groups is 1. The zero-order valence-corrected chi connectivity index (χ0v) is 18.7. The van der Waals surface area contributed by atoms with E-state index >= 15 is 0 Å². The summed E-state index contributed by atoms with van der Waals surface area (Å²) in [6, 6.07) is 9.83. The Morgan fingerprint density at radius 2 is 1.84 bits per heavy atom. The number of hydrogen-bond acceptors (Lipinski definition) is 6. The molecule has 2 aromatic heterocycles. The van der Waals surface area contributed by atoms with Gasteiger partial charge in [-0.05, 0) is 54.8 Å². The highest BCUT2D eigenvalue weighted by Crippen LogP contribution is 2.29. The van der Waals surface area contributed by atoms with Crippen molar-refractivity contribution in [2.24, 2.45) is 0 Å². The van der Waals surface area contributed by atoms with E-state index in [1.807, 2.05) is 6.92 Å². The Bertz CT molecular complexity index is 1410. The van der Waals surface area contributed by atoms with E-state index in [2.05, 4.69) is 15.3 Å². The third-order valence-electron chi connectivity index (χ3n) is 5.18. The zero-order chi connectivity index (χ0) is 22.9. The van der Waals surface area contributed by atoms with Crippen LogP contribution in [0.15, 0.2) is 71.0 Å². The van der Waals surface area contributed by atoms with Crippen LogP contribution in [-0.2, 0) is 16.4 Å². The van der Waals surface area contributed by atoms with Gasteiger partial charge in [0, 0.05) is 31.3 Å². The molecule has 0 saturated heterocycles. The Morgan fingerprint density at radius 3 is 2.56 bits per heavy atom. The largest absolute Gasteiger partial charge is 0.496 e. The van der Waals surface area contributed by atoms with Gasteiger partial charge < -0.3 is 10.1 Å². The number of nitrogens with zero attached hydrogens (tertiary/aromatic N) is 3. The molecule has 0 spiro atoms. The molecule has 164 valence electrons. The van der Waals surface area contributed by atoms with Crippen molar-refractivity contribution >= 4 is 21.5 Å². The van der Waals surface area contributed by atoms with E-state index in [1.165, 1.54) is 6.20 Å². The van der Waals surface area contributed by atoms with Crippen LogP contribution in [0.3, 0.4) is 0 Å². The van der Waals surface area contributed by atoms with Crippen LogP contribution in [0, 0.1) is 13.8 Å². The Kier molecular flexibility index (Phi) is 5.67. The standard InChI is InChI=1S/C23H22N4O4S/c1-15-11-21(16(2)10-20(15)31-3)32(29,30)19-6-4-17(5-7-19)12-25-22(28)18-13-26-23-24-8-9-27(23)14-18/h4-11,13-14H,12H2,1-3H3,(H,25,28). The molecule has 0 atom stereocenters. The van der Waals surface area contributed by atoms with Gasteiger partial charge in [-0.2, -0.15) is 0 Å². The molecule has 4 aromatic rings. The lowest BCUT2D eigenvalue weighted by Gasteiger charge is -2.12. The highest BCUT2D eigenvalue weighted by atomic mass is 32.2. The number of rotatable bonds is 6. The molecule has 0 saturated carbocycles. The topological polar surface area (TPSA) is 103 Å². The molecule has 0 bridgehead atoms. The fourth-order valence-corrected chi connectivity index (χ4v) is 4.97. The Balaban J connectivity index is 1.49. The second kappa shape index (κ2) is 8.43. The molecule has 9 heteroatoms. The van der Waals surface area contributed by atoms with Gasteiger partial charge >= 0.3 is 0 Å². The lowest BCUT2D eigenvalue weighted by atomic mass is 10.1. The van der Waals surface area contributed by atoms with Crippen molar-refractivity contribution in [3.63, 3.8) is 0 Å². The van der Waals surface area contributed by atoms with E-state index < -0.39 is 9.84 Å². The summed E-state index contributed by atoms with van der Waals surface area (Å²) in [5.41, 5.74) is 2.54. The summed E-state index contributed by atoms with van der Waals surface area (Å²) >= 11 is 0. The number of amides is 1. The van der Waals surface area contributed by atoms with E-state index in [-0.39, 0.29) is 22.2 Å². The van der Waals surface area contributed by atoms with E-state index in [0.29, 0.717) is 22.7 Å². The van der Waals surface area contributed by atoms with Crippen molar-refractivity contribution in [3.05, 3.63) is 83.4 Å².